The fourth-order valence-electron chi connectivity index (χ4n) is 2.90. The summed E-state index contributed by atoms with van der Waals surface area (Å²) in [5, 5.41) is 0. The van der Waals surface area contributed by atoms with Gasteiger partial charge in [-0.1, -0.05) is 12.1 Å². The van der Waals surface area contributed by atoms with Gasteiger partial charge in [0.05, 0.1) is 13.2 Å². The Morgan fingerprint density at radius 3 is 2.75 bits per heavy atom. The molecule has 1 saturated heterocycles. The highest BCUT2D eigenvalue weighted by atomic mass is 16.5. The summed E-state index contributed by atoms with van der Waals surface area (Å²) in [6.45, 7) is 4.47. The fraction of sp³-hybridized carbons (Fsp3) is 0.444. The van der Waals surface area contributed by atoms with Crippen molar-refractivity contribution in [1.29, 1.82) is 0 Å². The lowest BCUT2D eigenvalue weighted by atomic mass is 10.1. The van der Waals surface area contributed by atoms with Gasteiger partial charge in [0.25, 0.3) is 5.91 Å². The zero-order chi connectivity index (χ0) is 17.1. The fourth-order valence-corrected chi connectivity index (χ4v) is 2.90. The molecule has 1 aromatic heterocycles. The molecule has 1 N–H and O–H groups in total. The molecule has 0 aliphatic carbocycles. The highest BCUT2D eigenvalue weighted by Gasteiger charge is 2.27. The average Bonchev–Trinajstić information content (AvgIpc) is 3.01. The SMILES string of the molecule is Cc1cnc([C@@H]2CN(C(=O)c3ccc(CN(C)C)cc3)CCO2)[nH]1. The molecule has 0 bridgehead atoms. The number of carbonyl (C=O) groups excluding carboxylic acids is 1. The van der Waals surface area contributed by atoms with Gasteiger partial charge in [0.15, 0.2) is 0 Å². The number of aromatic nitrogens is 2. The molecule has 2 aromatic rings. The van der Waals surface area contributed by atoms with Crippen LogP contribution >= 0.6 is 0 Å². The lowest BCUT2D eigenvalue weighted by molar-refractivity contribution is -0.0264. The zero-order valence-corrected chi connectivity index (χ0v) is 14.5. The van der Waals surface area contributed by atoms with Gasteiger partial charge in [-0.25, -0.2) is 4.98 Å². The summed E-state index contributed by atoms with van der Waals surface area (Å²) in [4.78, 5) is 24.2. The van der Waals surface area contributed by atoms with E-state index in [1.807, 2.05) is 50.2 Å². The molecule has 1 aliphatic rings. The molecule has 2 heterocycles. The number of H-pyrrole nitrogens is 1. The molecule has 0 saturated carbocycles. The number of aromatic amines is 1. The number of morpholine rings is 1. The van der Waals surface area contributed by atoms with Crippen LogP contribution in [0.3, 0.4) is 0 Å². The second kappa shape index (κ2) is 7.15. The van der Waals surface area contributed by atoms with Crippen LogP contribution in [0.1, 0.15) is 33.5 Å². The maximum Gasteiger partial charge on any atom is 0.254 e. The summed E-state index contributed by atoms with van der Waals surface area (Å²) >= 11 is 0. The predicted molar refractivity (Wildman–Crippen MR) is 91.8 cm³/mol. The number of imidazole rings is 1. The van der Waals surface area contributed by atoms with E-state index in [9.17, 15) is 4.79 Å². The molecular formula is C18H24N4O2. The Labute approximate surface area is 142 Å². The van der Waals surface area contributed by atoms with Gasteiger partial charge in [-0.15, -0.1) is 0 Å². The molecule has 128 valence electrons. The highest BCUT2D eigenvalue weighted by Crippen LogP contribution is 2.21. The molecule has 6 heteroatoms. The summed E-state index contributed by atoms with van der Waals surface area (Å²) in [5.74, 6) is 0.828. The first-order valence-electron chi connectivity index (χ1n) is 8.19. The van der Waals surface area contributed by atoms with Crippen molar-refractivity contribution in [3.63, 3.8) is 0 Å². The first-order chi connectivity index (χ1) is 11.5. The molecule has 6 nitrogen and oxygen atoms in total. The van der Waals surface area contributed by atoms with Gasteiger partial charge in [0, 0.05) is 30.5 Å². The minimum Gasteiger partial charge on any atom is -0.367 e. The second-order valence-corrected chi connectivity index (χ2v) is 6.50. The molecule has 1 atom stereocenters. The Morgan fingerprint density at radius 1 is 1.38 bits per heavy atom. The van der Waals surface area contributed by atoms with Crippen molar-refractivity contribution in [3.8, 4) is 0 Å². The number of aryl methyl sites for hydroxylation is 1. The Hall–Kier alpha value is -2.18. The maximum atomic E-state index is 12.7. The van der Waals surface area contributed by atoms with E-state index in [2.05, 4.69) is 14.9 Å². The van der Waals surface area contributed by atoms with Gasteiger partial charge in [0.2, 0.25) is 0 Å². The van der Waals surface area contributed by atoms with E-state index in [4.69, 9.17) is 4.74 Å². The number of hydrogen-bond donors (Lipinski definition) is 1. The van der Waals surface area contributed by atoms with E-state index in [-0.39, 0.29) is 12.0 Å². The van der Waals surface area contributed by atoms with Crippen molar-refractivity contribution >= 4 is 5.91 Å². The molecule has 1 aromatic carbocycles. The molecular weight excluding hydrogens is 304 g/mol. The third-order valence-electron chi connectivity index (χ3n) is 4.08. The van der Waals surface area contributed by atoms with Gasteiger partial charge in [0.1, 0.15) is 11.9 Å². The second-order valence-electron chi connectivity index (χ2n) is 6.50. The Bertz CT molecular complexity index is 693. The van der Waals surface area contributed by atoms with Crippen molar-refractivity contribution in [2.45, 2.75) is 19.6 Å². The topological polar surface area (TPSA) is 61.5 Å². The van der Waals surface area contributed by atoms with Gasteiger partial charge in [-0.2, -0.15) is 0 Å². The van der Waals surface area contributed by atoms with Crippen LogP contribution in [0.5, 0.6) is 0 Å². The van der Waals surface area contributed by atoms with Crippen molar-refractivity contribution < 1.29 is 9.53 Å². The third kappa shape index (κ3) is 3.83. The van der Waals surface area contributed by atoms with Crippen LogP contribution in [-0.4, -0.2) is 59.5 Å². The highest BCUT2D eigenvalue weighted by molar-refractivity contribution is 5.94. The molecule has 1 amide bonds. The zero-order valence-electron chi connectivity index (χ0n) is 14.5. The van der Waals surface area contributed by atoms with E-state index < -0.39 is 0 Å². The Kier molecular flexibility index (Phi) is 4.97. The van der Waals surface area contributed by atoms with Crippen molar-refractivity contribution in [2.24, 2.45) is 0 Å². The predicted octanol–water partition coefficient (Wildman–Crippen LogP) is 1.99. The lowest BCUT2D eigenvalue weighted by Gasteiger charge is -2.32. The minimum atomic E-state index is -0.190. The van der Waals surface area contributed by atoms with Crippen molar-refractivity contribution in [1.82, 2.24) is 19.8 Å². The molecule has 3 rings (SSSR count). The Morgan fingerprint density at radius 2 is 2.12 bits per heavy atom. The number of carbonyl (C=O) groups is 1. The van der Waals surface area contributed by atoms with E-state index >= 15 is 0 Å². The monoisotopic (exact) mass is 328 g/mol. The average molecular weight is 328 g/mol. The van der Waals surface area contributed by atoms with E-state index in [0.717, 1.165) is 18.1 Å². The molecule has 1 fully saturated rings. The third-order valence-corrected chi connectivity index (χ3v) is 4.08. The summed E-state index contributed by atoms with van der Waals surface area (Å²) in [5.41, 5.74) is 2.91. The van der Waals surface area contributed by atoms with Crippen LogP contribution in [0.15, 0.2) is 30.5 Å². The van der Waals surface area contributed by atoms with Gasteiger partial charge >= 0.3 is 0 Å². The largest absolute Gasteiger partial charge is 0.367 e. The molecule has 1 aliphatic heterocycles. The molecule has 0 radical (unpaired) electrons. The molecule has 0 unspecified atom stereocenters. The Balaban J connectivity index is 1.67. The smallest absolute Gasteiger partial charge is 0.254 e. The van der Waals surface area contributed by atoms with Gasteiger partial charge in [-0.05, 0) is 38.7 Å². The van der Waals surface area contributed by atoms with E-state index in [1.54, 1.807) is 6.20 Å². The first kappa shape index (κ1) is 16.7. The van der Waals surface area contributed by atoms with Gasteiger partial charge in [-0.3, -0.25) is 4.79 Å². The minimum absolute atomic E-state index is 0.0444. The number of rotatable bonds is 4. The van der Waals surface area contributed by atoms with Crippen LogP contribution in [0.25, 0.3) is 0 Å². The number of benzene rings is 1. The maximum absolute atomic E-state index is 12.7. The number of ether oxygens (including phenoxy) is 1. The number of amides is 1. The van der Waals surface area contributed by atoms with Crippen LogP contribution in [-0.2, 0) is 11.3 Å². The van der Waals surface area contributed by atoms with Crippen LogP contribution in [0.2, 0.25) is 0 Å². The number of nitrogens with one attached hydrogen (secondary N) is 1. The van der Waals surface area contributed by atoms with Crippen LogP contribution in [0.4, 0.5) is 0 Å². The standard InChI is InChI=1S/C18H24N4O2/c1-13-10-19-17(20-13)16-12-22(8-9-24-16)18(23)15-6-4-14(5-7-15)11-21(2)3/h4-7,10,16H,8-9,11-12H2,1-3H3,(H,19,20)/t16-/m0/s1. The summed E-state index contributed by atoms with van der Waals surface area (Å²) < 4.78 is 5.76. The summed E-state index contributed by atoms with van der Waals surface area (Å²) in [6.07, 6.45) is 1.59. The van der Waals surface area contributed by atoms with Crippen molar-refractivity contribution in [2.75, 3.05) is 33.8 Å². The number of nitrogens with zero attached hydrogens (tertiary/aromatic N) is 3. The van der Waals surface area contributed by atoms with E-state index in [0.29, 0.717) is 25.3 Å². The summed E-state index contributed by atoms with van der Waals surface area (Å²) in [6, 6.07) is 7.84. The summed E-state index contributed by atoms with van der Waals surface area (Å²) in [7, 11) is 4.06. The quantitative estimate of drug-likeness (QED) is 0.932. The van der Waals surface area contributed by atoms with Gasteiger partial charge < -0.3 is 19.5 Å². The lowest BCUT2D eigenvalue weighted by Crippen LogP contribution is -2.42. The molecule has 24 heavy (non-hydrogen) atoms. The van der Waals surface area contributed by atoms with Crippen LogP contribution < -0.4 is 0 Å². The van der Waals surface area contributed by atoms with Crippen molar-refractivity contribution in [3.05, 3.63) is 53.1 Å². The van der Waals surface area contributed by atoms with E-state index in [1.165, 1.54) is 5.56 Å². The normalized spacial score (nSPS) is 18.2. The number of hydrogen-bond acceptors (Lipinski definition) is 4. The first-order valence-corrected chi connectivity index (χ1v) is 8.19. The van der Waals surface area contributed by atoms with Crippen LogP contribution in [0, 0.1) is 6.92 Å². The molecule has 0 spiro atoms.